The van der Waals surface area contributed by atoms with Crippen molar-refractivity contribution in [2.24, 2.45) is 0 Å². The van der Waals surface area contributed by atoms with Gasteiger partial charge in [0.1, 0.15) is 5.75 Å². The molecule has 5 heteroatoms. The Morgan fingerprint density at radius 3 is 2.46 bits per heavy atom. The van der Waals surface area contributed by atoms with E-state index in [1.54, 1.807) is 19.2 Å². The maximum Gasteiger partial charge on any atom is 0.307 e. The van der Waals surface area contributed by atoms with Crippen LogP contribution in [0.1, 0.15) is 55.3 Å². The number of rotatable bonds is 6. The lowest BCUT2D eigenvalue weighted by molar-refractivity contribution is -0.140. The molecule has 1 aliphatic rings. The third-order valence-electron chi connectivity index (χ3n) is 4.63. The molecule has 0 atom stereocenters. The predicted molar refractivity (Wildman–Crippen MR) is 92.2 cm³/mol. The SMILES string of the molecule is COC(=O)CCN(C(=O)c1cccc(OC)c1)C1CCCCCC1. The Balaban J connectivity index is 2.18. The van der Waals surface area contributed by atoms with Crippen LogP contribution in [0, 0.1) is 0 Å². The summed E-state index contributed by atoms with van der Waals surface area (Å²) in [5, 5.41) is 0. The minimum atomic E-state index is -0.285. The summed E-state index contributed by atoms with van der Waals surface area (Å²) in [6.07, 6.45) is 6.91. The quantitative estimate of drug-likeness (QED) is 0.591. The van der Waals surface area contributed by atoms with E-state index in [0.29, 0.717) is 17.9 Å². The first-order chi connectivity index (χ1) is 11.7. The zero-order valence-electron chi connectivity index (χ0n) is 14.6. The van der Waals surface area contributed by atoms with E-state index in [-0.39, 0.29) is 24.3 Å². The Kier molecular flexibility index (Phi) is 7.09. The summed E-state index contributed by atoms with van der Waals surface area (Å²) < 4.78 is 9.96. The highest BCUT2D eigenvalue weighted by Gasteiger charge is 2.26. The fraction of sp³-hybridized carbons (Fsp3) is 0.579. The van der Waals surface area contributed by atoms with Crippen LogP contribution in [0.3, 0.4) is 0 Å². The van der Waals surface area contributed by atoms with Crippen molar-refractivity contribution in [3.05, 3.63) is 29.8 Å². The van der Waals surface area contributed by atoms with E-state index < -0.39 is 0 Å². The molecular formula is C19H27NO4. The summed E-state index contributed by atoms with van der Waals surface area (Å²) in [7, 11) is 2.96. The third-order valence-corrected chi connectivity index (χ3v) is 4.63. The molecule has 24 heavy (non-hydrogen) atoms. The van der Waals surface area contributed by atoms with Crippen LogP contribution < -0.4 is 4.74 Å². The summed E-state index contributed by atoms with van der Waals surface area (Å²) in [5.74, 6) is 0.339. The largest absolute Gasteiger partial charge is 0.497 e. The highest BCUT2D eigenvalue weighted by Crippen LogP contribution is 2.24. The minimum Gasteiger partial charge on any atom is -0.497 e. The molecule has 0 radical (unpaired) electrons. The molecule has 0 unspecified atom stereocenters. The molecule has 0 aliphatic heterocycles. The zero-order valence-corrected chi connectivity index (χ0v) is 14.6. The number of hydrogen-bond donors (Lipinski definition) is 0. The number of benzene rings is 1. The van der Waals surface area contributed by atoms with Gasteiger partial charge < -0.3 is 14.4 Å². The minimum absolute atomic E-state index is 0.0373. The van der Waals surface area contributed by atoms with E-state index in [1.807, 2.05) is 17.0 Å². The van der Waals surface area contributed by atoms with E-state index in [4.69, 9.17) is 9.47 Å². The fourth-order valence-corrected chi connectivity index (χ4v) is 3.26. The number of methoxy groups -OCH3 is 2. The molecule has 0 spiro atoms. The van der Waals surface area contributed by atoms with Gasteiger partial charge in [-0.1, -0.05) is 31.7 Å². The van der Waals surface area contributed by atoms with E-state index >= 15 is 0 Å². The maximum absolute atomic E-state index is 13.0. The van der Waals surface area contributed by atoms with Crippen LogP contribution in [0.2, 0.25) is 0 Å². The molecular weight excluding hydrogens is 306 g/mol. The van der Waals surface area contributed by atoms with Gasteiger partial charge in [-0.15, -0.1) is 0 Å². The average Bonchev–Trinajstić information content (AvgIpc) is 2.91. The Hall–Kier alpha value is -2.04. The molecule has 1 aliphatic carbocycles. The molecule has 5 nitrogen and oxygen atoms in total. The second-order valence-electron chi connectivity index (χ2n) is 6.20. The number of hydrogen-bond acceptors (Lipinski definition) is 4. The smallest absolute Gasteiger partial charge is 0.307 e. The molecule has 1 fully saturated rings. The number of esters is 1. The highest BCUT2D eigenvalue weighted by atomic mass is 16.5. The molecule has 0 saturated heterocycles. The normalized spacial score (nSPS) is 15.4. The number of ether oxygens (including phenoxy) is 2. The Morgan fingerprint density at radius 2 is 1.83 bits per heavy atom. The molecule has 1 aromatic carbocycles. The average molecular weight is 333 g/mol. The fourth-order valence-electron chi connectivity index (χ4n) is 3.26. The van der Waals surface area contributed by atoms with Crippen molar-refractivity contribution < 1.29 is 19.1 Å². The van der Waals surface area contributed by atoms with Crippen LogP contribution in [0.25, 0.3) is 0 Å². The van der Waals surface area contributed by atoms with Gasteiger partial charge in [0.15, 0.2) is 0 Å². The second kappa shape index (κ2) is 9.30. The van der Waals surface area contributed by atoms with Crippen LogP contribution in [0.15, 0.2) is 24.3 Å². The van der Waals surface area contributed by atoms with Gasteiger partial charge in [0.2, 0.25) is 0 Å². The van der Waals surface area contributed by atoms with Gasteiger partial charge in [-0.25, -0.2) is 0 Å². The van der Waals surface area contributed by atoms with Gasteiger partial charge >= 0.3 is 5.97 Å². The number of amides is 1. The summed E-state index contributed by atoms with van der Waals surface area (Å²) in [6.45, 7) is 0.396. The van der Waals surface area contributed by atoms with Gasteiger partial charge in [-0.2, -0.15) is 0 Å². The molecule has 0 bridgehead atoms. The van der Waals surface area contributed by atoms with Crippen molar-refractivity contribution in [1.82, 2.24) is 4.90 Å². The summed E-state index contributed by atoms with van der Waals surface area (Å²) in [6, 6.07) is 7.38. The summed E-state index contributed by atoms with van der Waals surface area (Å²) >= 11 is 0. The first-order valence-corrected chi connectivity index (χ1v) is 8.67. The van der Waals surface area contributed by atoms with Crippen molar-refractivity contribution in [2.45, 2.75) is 51.0 Å². The molecule has 0 N–H and O–H groups in total. The molecule has 1 amide bonds. The van der Waals surface area contributed by atoms with Gasteiger partial charge in [0, 0.05) is 18.2 Å². The van der Waals surface area contributed by atoms with E-state index in [0.717, 1.165) is 25.7 Å². The summed E-state index contributed by atoms with van der Waals surface area (Å²) in [5.41, 5.74) is 0.600. The van der Waals surface area contributed by atoms with Gasteiger partial charge in [-0.3, -0.25) is 9.59 Å². The maximum atomic E-state index is 13.0. The Labute approximate surface area is 143 Å². The number of nitrogens with zero attached hydrogens (tertiary/aromatic N) is 1. The van der Waals surface area contributed by atoms with Crippen LogP contribution in [0.4, 0.5) is 0 Å². The highest BCUT2D eigenvalue weighted by molar-refractivity contribution is 5.95. The van der Waals surface area contributed by atoms with Gasteiger partial charge in [0.05, 0.1) is 20.6 Å². The Morgan fingerprint density at radius 1 is 1.12 bits per heavy atom. The molecule has 1 saturated carbocycles. The lowest BCUT2D eigenvalue weighted by Crippen LogP contribution is -2.41. The van der Waals surface area contributed by atoms with Crippen molar-refractivity contribution in [3.8, 4) is 5.75 Å². The lowest BCUT2D eigenvalue weighted by Gasteiger charge is -2.31. The van der Waals surface area contributed by atoms with Crippen molar-refractivity contribution in [3.63, 3.8) is 0 Å². The van der Waals surface area contributed by atoms with E-state index in [9.17, 15) is 9.59 Å². The molecule has 132 valence electrons. The number of carbonyl (C=O) groups is 2. The molecule has 2 rings (SSSR count). The lowest BCUT2D eigenvalue weighted by atomic mass is 10.0. The monoisotopic (exact) mass is 333 g/mol. The molecule has 0 aromatic heterocycles. The van der Waals surface area contributed by atoms with Crippen LogP contribution in [0.5, 0.6) is 5.75 Å². The zero-order chi connectivity index (χ0) is 17.4. The molecule has 1 aromatic rings. The first kappa shape index (κ1) is 18.3. The topological polar surface area (TPSA) is 55.8 Å². The van der Waals surface area contributed by atoms with Crippen LogP contribution in [-0.4, -0.2) is 43.6 Å². The third kappa shape index (κ3) is 4.98. The summed E-state index contributed by atoms with van der Waals surface area (Å²) in [4.78, 5) is 26.4. The van der Waals surface area contributed by atoms with E-state index in [2.05, 4.69) is 0 Å². The molecule has 0 heterocycles. The predicted octanol–water partition coefficient (Wildman–Crippen LogP) is 3.42. The van der Waals surface area contributed by atoms with Crippen LogP contribution in [-0.2, 0) is 9.53 Å². The standard InChI is InChI=1S/C19H27NO4/c1-23-17-11-7-8-15(14-17)19(22)20(13-12-18(21)24-2)16-9-5-3-4-6-10-16/h7-8,11,14,16H,3-6,9-10,12-13H2,1-2H3. The van der Waals surface area contributed by atoms with Gasteiger partial charge in [0.25, 0.3) is 5.91 Å². The Bertz CT molecular complexity index is 550. The second-order valence-corrected chi connectivity index (χ2v) is 6.20. The number of carbonyl (C=O) groups excluding carboxylic acids is 2. The van der Waals surface area contributed by atoms with Gasteiger partial charge in [-0.05, 0) is 31.0 Å². The van der Waals surface area contributed by atoms with Crippen molar-refractivity contribution in [2.75, 3.05) is 20.8 Å². The van der Waals surface area contributed by atoms with Crippen molar-refractivity contribution in [1.29, 1.82) is 0 Å². The van der Waals surface area contributed by atoms with E-state index in [1.165, 1.54) is 20.0 Å². The van der Waals surface area contributed by atoms with Crippen LogP contribution >= 0.6 is 0 Å². The van der Waals surface area contributed by atoms with Crippen molar-refractivity contribution >= 4 is 11.9 Å². The first-order valence-electron chi connectivity index (χ1n) is 8.67.